The van der Waals surface area contributed by atoms with Gasteiger partial charge >= 0.3 is 0 Å². The fraction of sp³-hybridized carbons (Fsp3) is 0.0161. The molecular weight excluding hydrogens is 759 g/mol. The molecule has 0 fully saturated rings. The van der Waals surface area contributed by atoms with Crippen LogP contribution in [-0.2, 0) is 0 Å². The molecule has 2 aliphatic rings. The van der Waals surface area contributed by atoms with Crippen molar-refractivity contribution >= 4 is 28.1 Å². The number of rotatable bonds is 10. The van der Waals surface area contributed by atoms with Gasteiger partial charge in [0.2, 0.25) is 0 Å². The Morgan fingerprint density at radius 2 is 0.889 bits per heavy atom. The van der Waals surface area contributed by atoms with Crippen molar-refractivity contribution < 1.29 is 0 Å². The van der Waals surface area contributed by atoms with Gasteiger partial charge in [0.15, 0.2) is 0 Å². The van der Waals surface area contributed by atoms with Crippen LogP contribution in [0.4, 0.5) is 11.4 Å². The summed E-state index contributed by atoms with van der Waals surface area (Å²) in [6.07, 6.45) is 18.6. The zero-order chi connectivity index (χ0) is 42.2. The van der Waals surface area contributed by atoms with Crippen molar-refractivity contribution in [3.05, 3.63) is 289 Å². The van der Waals surface area contributed by atoms with E-state index in [0.717, 1.165) is 56.9 Å². The van der Waals surface area contributed by atoms with E-state index in [1.54, 1.807) is 0 Å². The Morgan fingerprint density at radius 1 is 0.365 bits per heavy atom. The maximum Gasteiger partial charge on any atom is 0.0545 e. The monoisotopic (exact) mass is 803 g/mol. The molecule has 0 saturated heterocycles. The first-order chi connectivity index (χ1) is 31.3. The minimum Gasteiger partial charge on any atom is -0.310 e. The van der Waals surface area contributed by atoms with Crippen LogP contribution in [0.1, 0.15) is 23.1 Å². The third-order valence-electron chi connectivity index (χ3n) is 11.8. The molecule has 8 aromatic carbocycles. The van der Waals surface area contributed by atoms with E-state index in [-0.39, 0.29) is 0 Å². The molecule has 0 aliphatic heterocycles. The highest BCUT2D eigenvalue weighted by Crippen LogP contribution is 2.44. The molecule has 63 heavy (non-hydrogen) atoms. The van der Waals surface area contributed by atoms with Gasteiger partial charge in [-0.3, -0.25) is 0 Å². The van der Waals surface area contributed by atoms with E-state index in [9.17, 15) is 0 Å². The molecule has 1 nitrogen and oxygen atoms in total. The van der Waals surface area contributed by atoms with Gasteiger partial charge < -0.3 is 4.90 Å². The lowest BCUT2D eigenvalue weighted by molar-refractivity contribution is 1.21. The Morgan fingerprint density at radius 3 is 1.57 bits per heavy atom. The molecule has 298 valence electrons. The average molecular weight is 804 g/mol. The van der Waals surface area contributed by atoms with Gasteiger partial charge in [0.1, 0.15) is 0 Å². The van der Waals surface area contributed by atoms with E-state index in [4.69, 9.17) is 0 Å². The quantitative estimate of drug-likeness (QED) is 0.125. The lowest BCUT2D eigenvalue weighted by Crippen LogP contribution is -2.15. The highest BCUT2D eigenvalue weighted by molar-refractivity contribution is 6.04. The molecule has 10 rings (SSSR count). The van der Waals surface area contributed by atoms with E-state index in [1.165, 1.54) is 44.5 Å². The number of anilines is 2. The molecule has 8 aromatic rings. The number of nitrogens with zero attached hydrogens (tertiary/aromatic N) is 1. The lowest BCUT2D eigenvalue weighted by Gasteiger charge is -2.28. The third-order valence-corrected chi connectivity index (χ3v) is 11.8. The Balaban J connectivity index is 1.20. The molecule has 0 amide bonds. The zero-order valence-corrected chi connectivity index (χ0v) is 35.0. The van der Waals surface area contributed by atoms with Gasteiger partial charge in [0.05, 0.1) is 5.70 Å². The Hall–Kier alpha value is -8.22. The number of hydrogen-bond acceptors (Lipinski definition) is 1. The first-order valence-electron chi connectivity index (χ1n) is 21.7. The molecule has 0 unspecified atom stereocenters. The van der Waals surface area contributed by atoms with Crippen LogP contribution >= 0.6 is 0 Å². The molecule has 0 bridgehead atoms. The number of allylic oxidation sites excluding steroid dienone is 10. The van der Waals surface area contributed by atoms with Gasteiger partial charge in [0, 0.05) is 17.5 Å². The van der Waals surface area contributed by atoms with E-state index in [0.29, 0.717) is 0 Å². The Kier molecular flexibility index (Phi) is 11.2. The topological polar surface area (TPSA) is 3.24 Å². The normalized spacial score (nSPS) is 13.3. The van der Waals surface area contributed by atoms with Crippen LogP contribution in [0.15, 0.2) is 272 Å². The first kappa shape index (κ1) is 38.9. The van der Waals surface area contributed by atoms with Crippen LogP contribution in [-0.4, -0.2) is 0 Å². The van der Waals surface area contributed by atoms with E-state index < -0.39 is 0 Å². The summed E-state index contributed by atoms with van der Waals surface area (Å²) in [6, 6.07) is 76.2. The van der Waals surface area contributed by atoms with Crippen molar-refractivity contribution in [2.45, 2.75) is 6.42 Å². The van der Waals surface area contributed by atoms with Crippen molar-refractivity contribution in [3.8, 4) is 44.5 Å². The van der Waals surface area contributed by atoms with Crippen molar-refractivity contribution in [3.63, 3.8) is 0 Å². The predicted octanol–water partition coefficient (Wildman–Crippen LogP) is 16.6. The average Bonchev–Trinajstić information content (AvgIpc) is 3.78. The number of benzene rings is 8. The van der Waals surface area contributed by atoms with Crippen LogP contribution in [0, 0.1) is 0 Å². The van der Waals surface area contributed by atoms with Crippen LogP contribution in [0.2, 0.25) is 0 Å². The van der Waals surface area contributed by atoms with Crippen LogP contribution in [0.5, 0.6) is 0 Å². The molecule has 0 N–H and O–H groups in total. The minimum atomic E-state index is 0.920. The first-order valence-corrected chi connectivity index (χ1v) is 21.7. The summed E-state index contributed by atoms with van der Waals surface area (Å²) in [4.78, 5) is 2.38. The van der Waals surface area contributed by atoms with E-state index in [1.807, 2.05) is 0 Å². The number of hydrogen-bond donors (Lipinski definition) is 0. The highest BCUT2D eigenvalue weighted by Gasteiger charge is 2.22. The van der Waals surface area contributed by atoms with Gasteiger partial charge in [-0.25, -0.2) is 0 Å². The van der Waals surface area contributed by atoms with Gasteiger partial charge in [-0.1, -0.05) is 218 Å². The molecule has 0 heterocycles. The summed E-state index contributed by atoms with van der Waals surface area (Å²) in [5.74, 6) is 0. The highest BCUT2D eigenvalue weighted by atomic mass is 15.1. The van der Waals surface area contributed by atoms with E-state index in [2.05, 4.69) is 272 Å². The molecule has 1 heteroatoms. The summed E-state index contributed by atoms with van der Waals surface area (Å²) in [7, 11) is 0. The lowest BCUT2D eigenvalue weighted by atomic mass is 9.88. The minimum absolute atomic E-state index is 0.920. The fourth-order valence-corrected chi connectivity index (χ4v) is 8.72. The maximum atomic E-state index is 3.69. The van der Waals surface area contributed by atoms with E-state index >= 15 is 0 Å². The van der Waals surface area contributed by atoms with Crippen molar-refractivity contribution in [2.24, 2.45) is 0 Å². The van der Waals surface area contributed by atoms with Gasteiger partial charge in [-0.05, 0) is 121 Å². The fourth-order valence-electron chi connectivity index (χ4n) is 8.72. The van der Waals surface area contributed by atoms with Crippen molar-refractivity contribution in [1.82, 2.24) is 0 Å². The van der Waals surface area contributed by atoms with Crippen LogP contribution in [0.25, 0.3) is 61.2 Å². The smallest absolute Gasteiger partial charge is 0.0545 e. The molecular formula is C62H45N. The zero-order valence-electron chi connectivity index (χ0n) is 35.0. The predicted molar refractivity (Wildman–Crippen MR) is 268 cm³/mol. The Labute approximate surface area is 371 Å². The Bertz CT molecular complexity index is 3120. The summed E-state index contributed by atoms with van der Waals surface area (Å²) >= 11 is 0. The second-order valence-electron chi connectivity index (χ2n) is 15.7. The second-order valence-corrected chi connectivity index (χ2v) is 15.7. The maximum absolute atomic E-state index is 3.69. The molecule has 0 aromatic heterocycles. The standard InChI is InChI=1S/C62H45N/c1-2-8-25-48(24-7-1)55-33-17-19-35-57(55)59-37-21-32-53(44-61(59)50-28-13-5-14-29-50)63(52-40-38-47(39-41-52)46-22-9-3-10-23-46)54-42-43-60(62(45-54)51-30-15-6-16-31-51)58-36-20-18-34-56(58)49-26-11-4-12-27-49/h1,3-20,22-45H,2H2. The molecule has 0 atom stereocenters. The second kappa shape index (κ2) is 18.2. The molecule has 0 radical (unpaired) electrons. The third kappa shape index (κ3) is 8.30. The summed E-state index contributed by atoms with van der Waals surface area (Å²) < 4.78 is 0. The van der Waals surface area contributed by atoms with Crippen molar-refractivity contribution in [1.29, 1.82) is 0 Å². The van der Waals surface area contributed by atoms with Crippen LogP contribution in [0.3, 0.4) is 0 Å². The van der Waals surface area contributed by atoms with Gasteiger partial charge in [0.25, 0.3) is 0 Å². The van der Waals surface area contributed by atoms with Gasteiger partial charge in [-0.2, -0.15) is 0 Å². The SMILES string of the molecule is C1=CC(N(c2ccc(-c3ccccc3)cc2)c2ccc(-c3ccccc3-c3ccccc3)c(-c3ccccc3)c2)=CC(c2ccccc2)=C(c2ccccc2C2=CC=CCC=C2)C=1. The van der Waals surface area contributed by atoms with Crippen molar-refractivity contribution in [2.75, 3.05) is 4.90 Å². The van der Waals surface area contributed by atoms with Gasteiger partial charge in [-0.15, -0.1) is 5.73 Å². The summed E-state index contributed by atoms with van der Waals surface area (Å²) in [5.41, 5.74) is 23.1. The molecule has 0 spiro atoms. The molecule has 2 aliphatic carbocycles. The van der Waals surface area contributed by atoms with Crippen LogP contribution < -0.4 is 4.90 Å². The molecule has 0 saturated carbocycles. The largest absolute Gasteiger partial charge is 0.310 e. The summed E-state index contributed by atoms with van der Waals surface area (Å²) in [6.45, 7) is 0. The summed E-state index contributed by atoms with van der Waals surface area (Å²) in [5, 5.41) is 0.